The Balaban J connectivity index is 2.76. The lowest BCUT2D eigenvalue weighted by Gasteiger charge is -1.83. The summed E-state index contributed by atoms with van der Waals surface area (Å²) in [5, 5.41) is 3.71. The Morgan fingerprint density at radius 1 is 1.86 bits per heavy atom. The van der Waals surface area contributed by atoms with Gasteiger partial charge < -0.3 is 5.32 Å². The number of nitrogens with one attached hydrogen (secondary N) is 1. The van der Waals surface area contributed by atoms with Gasteiger partial charge >= 0.3 is 0 Å². The predicted molar refractivity (Wildman–Crippen MR) is 31.1 cm³/mol. The molecule has 0 aliphatic rings. The summed E-state index contributed by atoms with van der Waals surface area (Å²) in [7, 11) is 3.45. The largest absolute Gasteiger partial charge is 0.374 e. The number of anilines is 1. The molecule has 0 aliphatic carbocycles. The van der Waals surface area contributed by atoms with Crippen LogP contribution in [0.3, 0.4) is 0 Å². The third-order valence-electron chi connectivity index (χ3n) is 0.607. The van der Waals surface area contributed by atoms with Crippen molar-refractivity contribution in [2.24, 2.45) is 0 Å². The van der Waals surface area contributed by atoms with E-state index in [1.165, 1.54) is 11.3 Å². The molecule has 0 aliphatic heterocycles. The second-order valence-corrected chi connectivity index (χ2v) is 1.93. The van der Waals surface area contributed by atoms with Crippen LogP contribution in [0.5, 0.6) is 0 Å². The molecule has 0 fully saturated rings. The number of aromatic nitrogens is 1. The van der Waals surface area contributed by atoms with Crippen LogP contribution >= 0.6 is 11.3 Å². The molecule has 1 radical (unpaired) electrons. The summed E-state index contributed by atoms with van der Waals surface area (Å²) in [5.41, 5.74) is 1.76. The van der Waals surface area contributed by atoms with Gasteiger partial charge in [-0.25, -0.2) is 0 Å². The summed E-state index contributed by atoms with van der Waals surface area (Å²) in [6, 6.07) is 0. The van der Waals surface area contributed by atoms with E-state index in [0.29, 0.717) is 0 Å². The molecule has 7 heavy (non-hydrogen) atoms. The number of hydrogen-bond donors (Lipinski definition) is 1. The maximum absolute atomic E-state index is 3.81. The monoisotopic (exact) mass is 113 g/mol. The Hall–Kier alpha value is -0.570. The van der Waals surface area contributed by atoms with E-state index in [1.807, 2.05) is 0 Å². The summed E-state index contributed by atoms with van der Waals surface area (Å²) < 4.78 is 0. The zero-order valence-electron chi connectivity index (χ0n) is 3.72. The molecule has 0 aromatic carbocycles. The van der Waals surface area contributed by atoms with E-state index in [4.69, 9.17) is 0 Å². The van der Waals surface area contributed by atoms with Gasteiger partial charge in [0.1, 0.15) is 5.00 Å². The van der Waals surface area contributed by atoms with Crippen molar-refractivity contribution in [2.75, 3.05) is 5.32 Å². The number of rotatable bonds is 1. The molecule has 3 heteroatoms. The third kappa shape index (κ3) is 0.899. The van der Waals surface area contributed by atoms with Gasteiger partial charge in [-0.1, -0.05) is 0 Å². The van der Waals surface area contributed by atoms with Crippen LogP contribution in [-0.2, 0) is 0 Å². The maximum atomic E-state index is 3.81. The maximum Gasteiger partial charge on any atom is 0.108 e. The summed E-state index contributed by atoms with van der Waals surface area (Å²) in [6.07, 6.45) is 1.73. The molecule has 1 rings (SSSR count). The molecule has 0 unspecified atom stereocenters. The van der Waals surface area contributed by atoms with Crippen LogP contribution in [0.4, 0.5) is 5.00 Å². The predicted octanol–water partition coefficient (Wildman–Crippen LogP) is 1.35. The Bertz CT molecular complexity index is 124. The van der Waals surface area contributed by atoms with Crippen LogP contribution in [0.2, 0.25) is 0 Å². The minimum atomic E-state index is 1.00. The second kappa shape index (κ2) is 1.93. The molecule has 1 aromatic rings. The van der Waals surface area contributed by atoms with Gasteiger partial charge in [-0.05, 0) is 0 Å². The number of thiazole rings is 1. The average molecular weight is 113 g/mol. The quantitative estimate of drug-likeness (QED) is 0.594. The van der Waals surface area contributed by atoms with Crippen LogP contribution in [0, 0.1) is 7.05 Å². The Kier molecular flexibility index (Phi) is 1.26. The van der Waals surface area contributed by atoms with Crippen molar-refractivity contribution in [3.05, 3.63) is 18.8 Å². The molecular weight excluding hydrogens is 108 g/mol. The molecule has 0 amide bonds. The van der Waals surface area contributed by atoms with Crippen LogP contribution in [0.1, 0.15) is 0 Å². The first kappa shape index (κ1) is 4.59. The van der Waals surface area contributed by atoms with E-state index in [1.54, 1.807) is 11.7 Å². The molecular formula is C4H5N2S. The summed E-state index contributed by atoms with van der Waals surface area (Å²) >= 11 is 1.54. The van der Waals surface area contributed by atoms with Crippen molar-refractivity contribution in [3.63, 3.8) is 0 Å². The zero-order chi connectivity index (χ0) is 5.11. The zero-order valence-corrected chi connectivity index (χ0v) is 4.53. The van der Waals surface area contributed by atoms with Gasteiger partial charge in [0, 0.05) is 7.05 Å². The molecule has 0 saturated carbocycles. The summed E-state index contributed by atoms with van der Waals surface area (Å²) in [4.78, 5) is 3.81. The first-order valence-electron chi connectivity index (χ1n) is 1.85. The van der Waals surface area contributed by atoms with Gasteiger partial charge in [-0.15, -0.1) is 11.3 Å². The lowest BCUT2D eigenvalue weighted by atomic mass is 10.8. The van der Waals surface area contributed by atoms with Crippen LogP contribution < -0.4 is 5.32 Å². The Labute approximate surface area is 46.2 Å². The van der Waals surface area contributed by atoms with E-state index in [0.717, 1.165) is 5.00 Å². The summed E-state index contributed by atoms with van der Waals surface area (Å²) in [6.45, 7) is 0. The SMILES string of the molecule is [CH2]Nc1cncs1. The highest BCUT2D eigenvalue weighted by molar-refractivity contribution is 7.13. The standard InChI is InChI=1S/C4H5N2S/c1-5-4-2-6-3-7-4/h2-3,5H,1H2. The number of hydrogen-bond acceptors (Lipinski definition) is 3. The van der Waals surface area contributed by atoms with Gasteiger partial charge in [0.15, 0.2) is 0 Å². The van der Waals surface area contributed by atoms with Crippen molar-refractivity contribution in [1.29, 1.82) is 0 Å². The van der Waals surface area contributed by atoms with Gasteiger partial charge in [-0.3, -0.25) is 4.98 Å². The summed E-state index contributed by atoms with van der Waals surface area (Å²) in [5.74, 6) is 0. The fourth-order valence-electron chi connectivity index (χ4n) is 0.303. The topological polar surface area (TPSA) is 24.9 Å². The molecule has 0 spiro atoms. The van der Waals surface area contributed by atoms with E-state index < -0.39 is 0 Å². The lowest BCUT2D eigenvalue weighted by molar-refractivity contribution is 1.42. The minimum absolute atomic E-state index is 1.00. The fourth-order valence-corrected chi connectivity index (χ4v) is 0.743. The van der Waals surface area contributed by atoms with Gasteiger partial charge in [0.05, 0.1) is 11.7 Å². The average Bonchev–Trinajstić information content (AvgIpc) is 2.14. The first-order chi connectivity index (χ1) is 3.43. The highest BCUT2D eigenvalue weighted by Crippen LogP contribution is 2.09. The number of nitrogens with zero attached hydrogens (tertiary/aromatic N) is 1. The van der Waals surface area contributed by atoms with Crippen molar-refractivity contribution >= 4 is 16.3 Å². The molecule has 0 saturated heterocycles. The minimum Gasteiger partial charge on any atom is -0.374 e. The van der Waals surface area contributed by atoms with Crippen molar-refractivity contribution < 1.29 is 0 Å². The van der Waals surface area contributed by atoms with Gasteiger partial charge in [0.2, 0.25) is 0 Å². The van der Waals surface area contributed by atoms with Crippen LogP contribution in [-0.4, -0.2) is 4.98 Å². The van der Waals surface area contributed by atoms with Crippen molar-refractivity contribution in [3.8, 4) is 0 Å². The Morgan fingerprint density at radius 3 is 3.00 bits per heavy atom. The highest BCUT2D eigenvalue weighted by atomic mass is 32.1. The second-order valence-electron chi connectivity index (χ2n) is 1.04. The lowest BCUT2D eigenvalue weighted by Crippen LogP contribution is -1.75. The molecule has 1 aromatic heterocycles. The smallest absolute Gasteiger partial charge is 0.108 e. The molecule has 2 nitrogen and oxygen atoms in total. The third-order valence-corrected chi connectivity index (χ3v) is 1.34. The Morgan fingerprint density at radius 2 is 2.71 bits per heavy atom. The van der Waals surface area contributed by atoms with Crippen LogP contribution in [0.15, 0.2) is 11.7 Å². The molecule has 0 atom stereocenters. The fraction of sp³-hybridized carbons (Fsp3) is 0. The van der Waals surface area contributed by atoms with Gasteiger partial charge in [-0.2, -0.15) is 0 Å². The molecule has 1 heterocycles. The van der Waals surface area contributed by atoms with E-state index in [9.17, 15) is 0 Å². The van der Waals surface area contributed by atoms with Crippen LogP contribution in [0.25, 0.3) is 0 Å². The first-order valence-corrected chi connectivity index (χ1v) is 2.73. The normalized spacial score (nSPS) is 8.71. The van der Waals surface area contributed by atoms with Gasteiger partial charge in [0.25, 0.3) is 0 Å². The molecule has 37 valence electrons. The van der Waals surface area contributed by atoms with E-state index in [2.05, 4.69) is 17.3 Å². The molecule has 0 bridgehead atoms. The van der Waals surface area contributed by atoms with E-state index >= 15 is 0 Å². The van der Waals surface area contributed by atoms with Crippen molar-refractivity contribution in [2.45, 2.75) is 0 Å². The highest BCUT2D eigenvalue weighted by Gasteiger charge is 1.82. The molecule has 1 N–H and O–H groups in total. The van der Waals surface area contributed by atoms with Crippen molar-refractivity contribution in [1.82, 2.24) is 4.98 Å². The van der Waals surface area contributed by atoms with E-state index in [-0.39, 0.29) is 0 Å².